The van der Waals surface area contributed by atoms with E-state index in [1.54, 1.807) is 0 Å². The van der Waals surface area contributed by atoms with Crippen LogP contribution in [0.25, 0.3) is 10.8 Å². The maximum Gasteiger partial charge on any atom is 0.133 e. The lowest BCUT2D eigenvalue weighted by atomic mass is 10.00. The van der Waals surface area contributed by atoms with Crippen LogP contribution < -0.4 is 10.6 Å². The van der Waals surface area contributed by atoms with Gasteiger partial charge in [0.05, 0.1) is 24.5 Å². The number of piperazine rings is 1. The molecule has 0 amide bonds. The standard InChI is InChI=1S/C32H35N7/c1-22(26-9-5-7-24-6-3-4-8-27(24)26)38-30-18-23(12-13-36-30)19-37-32(39-16-14-34-15-17-39)31-28(25-10-11-25)20-35-21-29(31)33-2/h3-9,12-13,18,20-22,25,34H,2,10-11,14-17,19H2,1H3,(H,36,38)/t22-/m1/s1. The molecule has 3 heterocycles. The van der Waals surface area contributed by atoms with E-state index in [2.05, 4.69) is 92.7 Å². The number of amidine groups is 1. The monoisotopic (exact) mass is 517 g/mol. The van der Waals surface area contributed by atoms with Gasteiger partial charge in [-0.3, -0.25) is 15.0 Å². The molecule has 2 fully saturated rings. The molecule has 2 aromatic carbocycles. The van der Waals surface area contributed by atoms with Crippen LogP contribution in [-0.4, -0.2) is 53.6 Å². The number of hydrogen-bond donors (Lipinski definition) is 2. The van der Waals surface area contributed by atoms with Crippen LogP contribution in [0.1, 0.15) is 54.0 Å². The van der Waals surface area contributed by atoms with E-state index in [4.69, 9.17) is 4.99 Å². The lowest BCUT2D eigenvalue weighted by Gasteiger charge is -2.32. The summed E-state index contributed by atoms with van der Waals surface area (Å²) in [6.45, 7) is 10.3. The molecule has 1 aliphatic heterocycles. The van der Waals surface area contributed by atoms with Gasteiger partial charge in [-0.05, 0) is 72.0 Å². The third kappa shape index (κ3) is 5.54. The second-order valence-electron chi connectivity index (χ2n) is 10.4. The lowest BCUT2D eigenvalue weighted by molar-refractivity contribution is 0.357. The summed E-state index contributed by atoms with van der Waals surface area (Å²) >= 11 is 0. The Morgan fingerprint density at radius 1 is 1.10 bits per heavy atom. The summed E-state index contributed by atoms with van der Waals surface area (Å²) in [6.07, 6.45) is 8.07. The van der Waals surface area contributed by atoms with E-state index < -0.39 is 0 Å². The van der Waals surface area contributed by atoms with Crippen LogP contribution in [0.2, 0.25) is 0 Å². The van der Waals surface area contributed by atoms with Crippen LogP contribution in [0.5, 0.6) is 0 Å². The van der Waals surface area contributed by atoms with Crippen molar-refractivity contribution in [2.24, 2.45) is 9.98 Å². The first kappa shape index (κ1) is 25.2. The molecule has 1 aliphatic carbocycles. The van der Waals surface area contributed by atoms with Gasteiger partial charge < -0.3 is 15.5 Å². The number of nitrogens with zero attached hydrogens (tertiary/aromatic N) is 5. The molecule has 6 rings (SSSR count). The van der Waals surface area contributed by atoms with E-state index in [0.717, 1.165) is 54.6 Å². The van der Waals surface area contributed by atoms with Crippen molar-refractivity contribution in [3.63, 3.8) is 0 Å². The first-order valence-electron chi connectivity index (χ1n) is 13.9. The Kier molecular flexibility index (Phi) is 7.32. The summed E-state index contributed by atoms with van der Waals surface area (Å²) in [5, 5.41) is 9.58. The summed E-state index contributed by atoms with van der Waals surface area (Å²) in [4.78, 5) is 21.1. The van der Waals surface area contributed by atoms with E-state index in [0.29, 0.717) is 12.5 Å². The largest absolute Gasteiger partial charge is 0.364 e. The molecule has 1 atom stereocenters. The lowest BCUT2D eigenvalue weighted by Crippen LogP contribution is -2.47. The highest BCUT2D eigenvalue weighted by Gasteiger charge is 2.31. The zero-order valence-electron chi connectivity index (χ0n) is 22.5. The van der Waals surface area contributed by atoms with Gasteiger partial charge in [-0.25, -0.2) is 4.98 Å². The second kappa shape index (κ2) is 11.3. The van der Waals surface area contributed by atoms with Gasteiger partial charge in [0.2, 0.25) is 0 Å². The van der Waals surface area contributed by atoms with E-state index in [1.807, 2.05) is 24.7 Å². The molecule has 0 radical (unpaired) electrons. The topological polar surface area (TPSA) is 77.8 Å². The number of nitrogens with one attached hydrogen (secondary N) is 2. The number of fused-ring (bicyclic) bond motifs is 1. The Balaban J connectivity index is 1.28. The molecule has 1 saturated carbocycles. The smallest absolute Gasteiger partial charge is 0.133 e. The van der Waals surface area contributed by atoms with Crippen LogP contribution in [0.4, 0.5) is 11.5 Å². The number of rotatable bonds is 8. The molecule has 4 aromatic rings. The summed E-state index contributed by atoms with van der Waals surface area (Å²) in [6, 6.07) is 19.2. The fourth-order valence-electron chi connectivity index (χ4n) is 5.49. The fourth-order valence-corrected chi connectivity index (χ4v) is 5.49. The van der Waals surface area contributed by atoms with Crippen molar-refractivity contribution in [3.05, 3.63) is 95.4 Å². The van der Waals surface area contributed by atoms with Crippen molar-refractivity contribution in [1.29, 1.82) is 0 Å². The molecule has 198 valence electrons. The molecule has 39 heavy (non-hydrogen) atoms. The van der Waals surface area contributed by atoms with Crippen LogP contribution in [0, 0.1) is 0 Å². The number of hydrogen-bond acceptors (Lipinski definition) is 6. The maximum atomic E-state index is 5.23. The molecular weight excluding hydrogens is 482 g/mol. The number of aromatic nitrogens is 2. The third-order valence-electron chi connectivity index (χ3n) is 7.67. The van der Waals surface area contributed by atoms with Crippen LogP contribution in [0.15, 0.2) is 83.2 Å². The highest BCUT2D eigenvalue weighted by molar-refractivity contribution is 6.04. The molecule has 2 N–H and O–H groups in total. The Bertz CT molecular complexity index is 1500. The van der Waals surface area contributed by atoms with Gasteiger partial charge >= 0.3 is 0 Å². The van der Waals surface area contributed by atoms with Crippen LogP contribution in [-0.2, 0) is 6.54 Å². The summed E-state index contributed by atoms with van der Waals surface area (Å²) in [7, 11) is 0. The van der Waals surface area contributed by atoms with Gasteiger partial charge in [0, 0.05) is 44.1 Å². The average Bonchev–Trinajstić information content (AvgIpc) is 3.83. The molecule has 0 unspecified atom stereocenters. The molecule has 7 heteroatoms. The van der Waals surface area contributed by atoms with Crippen LogP contribution >= 0.6 is 0 Å². The molecule has 2 aliphatic rings. The Labute approximate surface area is 230 Å². The summed E-state index contributed by atoms with van der Waals surface area (Å²) in [5.74, 6) is 2.39. The van der Waals surface area contributed by atoms with Crippen LogP contribution in [0.3, 0.4) is 0 Å². The SMILES string of the molecule is C=Nc1cncc(C2CC2)c1C(=NCc1ccnc(N[C@H](C)c2cccc3ccccc23)c1)N1CCNCC1. The zero-order chi connectivity index (χ0) is 26.6. The average molecular weight is 518 g/mol. The Morgan fingerprint density at radius 3 is 2.74 bits per heavy atom. The minimum atomic E-state index is 0.109. The fraction of sp³-hybridized carbons (Fsp3) is 0.312. The maximum absolute atomic E-state index is 5.23. The van der Waals surface area contributed by atoms with Crippen molar-refractivity contribution in [2.45, 2.75) is 38.3 Å². The van der Waals surface area contributed by atoms with Crippen molar-refractivity contribution in [1.82, 2.24) is 20.2 Å². The van der Waals surface area contributed by atoms with Crippen molar-refractivity contribution >= 4 is 34.8 Å². The second-order valence-corrected chi connectivity index (χ2v) is 10.4. The van der Waals surface area contributed by atoms with E-state index in [9.17, 15) is 0 Å². The summed E-state index contributed by atoms with van der Waals surface area (Å²) in [5.41, 5.74) is 5.53. The molecule has 0 bridgehead atoms. The number of pyridine rings is 2. The minimum Gasteiger partial charge on any atom is -0.364 e. The third-order valence-corrected chi connectivity index (χ3v) is 7.67. The Hall–Kier alpha value is -4.10. The molecule has 0 spiro atoms. The molecular formula is C32H35N7. The van der Waals surface area contributed by atoms with Gasteiger partial charge in [0.1, 0.15) is 11.7 Å². The van der Waals surface area contributed by atoms with E-state index in [1.165, 1.54) is 34.7 Å². The predicted octanol–water partition coefficient (Wildman–Crippen LogP) is 5.86. The normalized spacial score (nSPS) is 16.7. The minimum absolute atomic E-state index is 0.109. The van der Waals surface area contributed by atoms with E-state index in [-0.39, 0.29) is 6.04 Å². The first-order chi connectivity index (χ1) is 19.2. The van der Waals surface area contributed by atoms with Gasteiger partial charge in [0.25, 0.3) is 0 Å². The van der Waals surface area contributed by atoms with E-state index >= 15 is 0 Å². The number of anilines is 1. The van der Waals surface area contributed by atoms with Crippen molar-refractivity contribution < 1.29 is 0 Å². The van der Waals surface area contributed by atoms with Gasteiger partial charge in [-0.1, -0.05) is 42.5 Å². The van der Waals surface area contributed by atoms with Crippen molar-refractivity contribution in [2.75, 3.05) is 31.5 Å². The molecule has 1 saturated heterocycles. The van der Waals surface area contributed by atoms with Gasteiger partial charge in [-0.2, -0.15) is 0 Å². The highest BCUT2D eigenvalue weighted by atomic mass is 15.2. The zero-order valence-corrected chi connectivity index (χ0v) is 22.5. The molecule has 2 aromatic heterocycles. The Morgan fingerprint density at radius 2 is 1.92 bits per heavy atom. The van der Waals surface area contributed by atoms with Gasteiger partial charge in [0.15, 0.2) is 0 Å². The summed E-state index contributed by atoms with van der Waals surface area (Å²) < 4.78 is 0. The van der Waals surface area contributed by atoms with Crippen molar-refractivity contribution in [3.8, 4) is 0 Å². The first-order valence-corrected chi connectivity index (χ1v) is 13.9. The number of benzene rings is 2. The quantitative estimate of drug-likeness (QED) is 0.226. The van der Waals surface area contributed by atoms with Gasteiger partial charge in [-0.15, -0.1) is 0 Å². The predicted molar refractivity (Wildman–Crippen MR) is 160 cm³/mol. The highest BCUT2D eigenvalue weighted by Crippen LogP contribution is 2.43. The molecule has 7 nitrogen and oxygen atoms in total. The number of aliphatic imine (C=N–C) groups is 2.